The number of hydrogen-bond acceptors (Lipinski definition) is 3. The lowest BCUT2D eigenvalue weighted by Gasteiger charge is -2.42. The molecule has 1 aromatic carbocycles. The quantitative estimate of drug-likeness (QED) is 0.813. The summed E-state index contributed by atoms with van der Waals surface area (Å²) in [7, 11) is 2.12. The number of aliphatic hydroxyl groups excluding tert-OH is 1. The van der Waals surface area contributed by atoms with Gasteiger partial charge in [0.1, 0.15) is 0 Å². The van der Waals surface area contributed by atoms with Crippen LogP contribution < -0.4 is 0 Å². The van der Waals surface area contributed by atoms with E-state index in [1.165, 1.54) is 11.1 Å². The molecule has 0 aliphatic carbocycles. The summed E-state index contributed by atoms with van der Waals surface area (Å²) in [6.45, 7) is 5.72. The summed E-state index contributed by atoms with van der Waals surface area (Å²) in [4.78, 5) is 2.30. The van der Waals surface area contributed by atoms with Gasteiger partial charge in [-0.2, -0.15) is 0 Å². The maximum atomic E-state index is 9.42. The lowest BCUT2D eigenvalue weighted by atomic mass is 9.86. The molecule has 1 aromatic rings. The summed E-state index contributed by atoms with van der Waals surface area (Å²) in [6.07, 6.45) is 2.15. The standard InChI is InChI=1S/C16H25NO2/c1-3-14-4-6-15(7-5-14)8-9-17(2)10-16(11-18)12-19-13-16/h4-7,18H,3,8-13H2,1-2H3. The molecule has 19 heavy (non-hydrogen) atoms. The van der Waals surface area contributed by atoms with Crippen molar-refractivity contribution in [3.63, 3.8) is 0 Å². The number of nitrogens with zero attached hydrogens (tertiary/aromatic N) is 1. The monoisotopic (exact) mass is 263 g/mol. The number of ether oxygens (including phenoxy) is 1. The Morgan fingerprint density at radius 3 is 2.32 bits per heavy atom. The molecule has 1 fully saturated rings. The first kappa shape index (κ1) is 14.5. The summed E-state index contributed by atoms with van der Waals surface area (Å²) in [6, 6.07) is 8.87. The van der Waals surface area contributed by atoms with Crippen LogP contribution in [0.1, 0.15) is 18.1 Å². The second-order valence-electron chi connectivity index (χ2n) is 5.81. The van der Waals surface area contributed by atoms with Crippen molar-refractivity contribution in [3.8, 4) is 0 Å². The topological polar surface area (TPSA) is 32.7 Å². The third-order valence-electron chi connectivity index (χ3n) is 3.97. The highest BCUT2D eigenvalue weighted by Crippen LogP contribution is 2.27. The van der Waals surface area contributed by atoms with Crippen LogP contribution in [0.15, 0.2) is 24.3 Å². The second kappa shape index (κ2) is 6.51. The molecule has 0 saturated carbocycles. The van der Waals surface area contributed by atoms with Gasteiger partial charge in [-0.3, -0.25) is 0 Å². The van der Waals surface area contributed by atoms with Crippen molar-refractivity contribution in [2.24, 2.45) is 5.41 Å². The molecule has 1 N–H and O–H groups in total. The highest BCUT2D eigenvalue weighted by Gasteiger charge is 2.38. The van der Waals surface area contributed by atoms with Gasteiger partial charge in [0.25, 0.3) is 0 Å². The van der Waals surface area contributed by atoms with E-state index < -0.39 is 0 Å². The third-order valence-corrected chi connectivity index (χ3v) is 3.97. The summed E-state index contributed by atoms with van der Waals surface area (Å²) in [5.41, 5.74) is 2.76. The van der Waals surface area contributed by atoms with Gasteiger partial charge in [0.05, 0.1) is 25.2 Å². The lowest BCUT2D eigenvalue weighted by Crippen LogP contribution is -2.52. The third kappa shape index (κ3) is 3.78. The SMILES string of the molecule is CCc1ccc(CCN(C)CC2(CO)COC2)cc1. The molecular formula is C16H25NO2. The van der Waals surface area contributed by atoms with E-state index in [1.807, 2.05) is 0 Å². The van der Waals surface area contributed by atoms with Crippen LogP contribution in [0.25, 0.3) is 0 Å². The Morgan fingerprint density at radius 2 is 1.84 bits per heavy atom. The maximum Gasteiger partial charge on any atom is 0.0579 e. The van der Waals surface area contributed by atoms with Crippen LogP contribution in [-0.4, -0.2) is 50.0 Å². The molecular weight excluding hydrogens is 238 g/mol. The van der Waals surface area contributed by atoms with E-state index in [9.17, 15) is 5.11 Å². The Labute approximate surface area is 116 Å². The van der Waals surface area contributed by atoms with Gasteiger partial charge < -0.3 is 14.7 Å². The van der Waals surface area contributed by atoms with Crippen LogP contribution in [0.5, 0.6) is 0 Å². The summed E-state index contributed by atoms with van der Waals surface area (Å²) >= 11 is 0. The lowest BCUT2D eigenvalue weighted by molar-refractivity contribution is -0.146. The fourth-order valence-corrected chi connectivity index (χ4v) is 2.54. The molecule has 3 nitrogen and oxygen atoms in total. The molecule has 3 heteroatoms. The molecule has 1 saturated heterocycles. The summed E-state index contributed by atoms with van der Waals surface area (Å²) in [5, 5.41) is 9.42. The van der Waals surface area contributed by atoms with Crippen LogP contribution in [0.3, 0.4) is 0 Å². The molecule has 0 spiro atoms. The van der Waals surface area contributed by atoms with E-state index in [4.69, 9.17) is 4.74 Å². The van der Waals surface area contributed by atoms with E-state index in [2.05, 4.69) is 43.1 Å². The van der Waals surface area contributed by atoms with Crippen molar-refractivity contribution in [2.45, 2.75) is 19.8 Å². The number of aliphatic hydroxyl groups is 1. The van der Waals surface area contributed by atoms with Gasteiger partial charge in [-0.25, -0.2) is 0 Å². The van der Waals surface area contributed by atoms with Crippen molar-refractivity contribution < 1.29 is 9.84 Å². The molecule has 0 atom stereocenters. The Kier molecular flexibility index (Phi) is 4.97. The van der Waals surface area contributed by atoms with Gasteiger partial charge in [0.2, 0.25) is 0 Å². The molecule has 1 aliphatic heterocycles. The maximum absolute atomic E-state index is 9.42. The first-order valence-corrected chi connectivity index (χ1v) is 7.12. The van der Waals surface area contributed by atoms with E-state index in [1.54, 1.807) is 0 Å². The van der Waals surface area contributed by atoms with Gasteiger partial charge in [0.15, 0.2) is 0 Å². The number of hydrogen-bond donors (Lipinski definition) is 1. The van der Waals surface area contributed by atoms with Gasteiger partial charge >= 0.3 is 0 Å². The predicted octanol–water partition coefficient (Wildman–Crippen LogP) is 1.73. The molecule has 0 amide bonds. The minimum Gasteiger partial charge on any atom is -0.396 e. The van der Waals surface area contributed by atoms with Crippen molar-refractivity contribution in [1.82, 2.24) is 4.90 Å². The minimum absolute atomic E-state index is 0.0131. The Balaban J connectivity index is 1.77. The summed E-state index contributed by atoms with van der Waals surface area (Å²) < 4.78 is 5.23. The average Bonchev–Trinajstić information content (AvgIpc) is 2.41. The fraction of sp³-hybridized carbons (Fsp3) is 0.625. The van der Waals surface area contributed by atoms with Crippen molar-refractivity contribution in [1.29, 1.82) is 0 Å². The zero-order chi connectivity index (χ0) is 13.7. The van der Waals surface area contributed by atoms with E-state index in [-0.39, 0.29) is 12.0 Å². The van der Waals surface area contributed by atoms with Gasteiger partial charge in [-0.15, -0.1) is 0 Å². The van der Waals surface area contributed by atoms with Crippen LogP contribution in [0, 0.1) is 5.41 Å². The van der Waals surface area contributed by atoms with E-state index >= 15 is 0 Å². The van der Waals surface area contributed by atoms with Crippen molar-refractivity contribution in [3.05, 3.63) is 35.4 Å². The van der Waals surface area contributed by atoms with Crippen LogP contribution in [0.2, 0.25) is 0 Å². The molecule has 2 rings (SSSR count). The summed E-state index contributed by atoms with van der Waals surface area (Å²) in [5.74, 6) is 0. The zero-order valence-electron chi connectivity index (χ0n) is 12.1. The largest absolute Gasteiger partial charge is 0.396 e. The zero-order valence-corrected chi connectivity index (χ0v) is 12.1. The average molecular weight is 263 g/mol. The fourth-order valence-electron chi connectivity index (χ4n) is 2.54. The highest BCUT2D eigenvalue weighted by atomic mass is 16.5. The van der Waals surface area contributed by atoms with E-state index in [0.717, 1.165) is 25.9 Å². The van der Waals surface area contributed by atoms with Gasteiger partial charge in [0, 0.05) is 13.1 Å². The molecule has 106 valence electrons. The minimum atomic E-state index is -0.0131. The molecule has 0 unspecified atom stereocenters. The Bertz CT molecular complexity index is 379. The number of benzene rings is 1. The van der Waals surface area contributed by atoms with Gasteiger partial charge in [-0.05, 0) is 31.0 Å². The first-order chi connectivity index (χ1) is 9.17. The number of rotatable bonds is 7. The van der Waals surface area contributed by atoms with E-state index in [0.29, 0.717) is 13.2 Å². The molecule has 0 aromatic heterocycles. The van der Waals surface area contributed by atoms with Crippen LogP contribution in [-0.2, 0) is 17.6 Å². The molecule has 1 heterocycles. The first-order valence-electron chi connectivity index (χ1n) is 7.12. The smallest absolute Gasteiger partial charge is 0.0579 e. The van der Waals surface area contributed by atoms with Crippen molar-refractivity contribution in [2.75, 3.05) is 40.0 Å². The molecule has 1 aliphatic rings. The second-order valence-corrected chi connectivity index (χ2v) is 5.81. The predicted molar refractivity (Wildman–Crippen MR) is 77.4 cm³/mol. The molecule has 0 radical (unpaired) electrons. The van der Waals surface area contributed by atoms with Crippen molar-refractivity contribution >= 4 is 0 Å². The number of likely N-dealkylation sites (N-methyl/N-ethyl adjacent to an activating group) is 1. The normalized spacial score (nSPS) is 17.5. The van der Waals surface area contributed by atoms with Gasteiger partial charge in [-0.1, -0.05) is 31.2 Å². The highest BCUT2D eigenvalue weighted by molar-refractivity contribution is 5.22. The van der Waals surface area contributed by atoms with Crippen LogP contribution >= 0.6 is 0 Å². The number of aryl methyl sites for hydroxylation is 1. The Morgan fingerprint density at radius 1 is 1.21 bits per heavy atom. The Hall–Kier alpha value is -0.900. The molecule has 0 bridgehead atoms. The van der Waals surface area contributed by atoms with Crippen LogP contribution in [0.4, 0.5) is 0 Å².